The van der Waals surface area contributed by atoms with Crippen molar-refractivity contribution in [2.75, 3.05) is 18.0 Å². The van der Waals surface area contributed by atoms with Crippen molar-refractivity contribution in [2.24, 2.45) is 5.92 Å². The lowest BCUT2D eigenvalue weighted by atomic mass is 9.85. The van der Waals surface area contributed by atoms with E-state index in [9.17, 15) is 14.0 Å². The molecule has 0 radical (unpaired) electrons. The predicted octanol–water partition coefficient (Wildman–Crippen LogP) is 4.39. The van der Waals surface area contributed by atoms with Crippen LogP contribution in [0, 0.1) is 25.6 Å². The molecule has 1 saturated carbocycles. The average molecular weight is 529 g/mol. The number of fused-ring (bicyclic) bond motifs is 1. The van der Waals surface area contributed by atoms with E-state index in [0.717, 1.165) is 54.8 Å². The van der Waals surface area contributed by atoms with Crippen LogP contribution in [0.1, 0.15) is 65.9 Å². The summed E-state index contributed by atoms with van der Waals surface area (Å²) in [6, 6.07) is 9.57. The van der Waals surface area contributed by atoms with Gasteiger partial charge in [0.15, 0.2) is 11.2 Å². The molecule has 1 saturated heterocycles. The molecule has 0 bridgehead atoms. The first-order chi connectivity index (χ1) is 18.9. The minimum Gasteiger partial charge on any atom is -0.370 e. The largest absolute Gasteiger partial charge is 0.370 e. The van der Waals surface area contributed by atoms with E-state index < -0.39 is 11.4 Å². The molecule has 1 aliphatic heterocycles. The van der Waals surface area contributed by atoms with Crippen LogP contribution < -0.4 is 21.2 Å². The molecule has 8 nitrogen and oxygen atoms in total. The maximum absolute atomic E-state index is 14.0. The Hall–Kier alpha value is -3.85. The van der Waals surface area contributed by atoms with E-state index >= 15 is 0 Å². The van der Waals surface area contributed by atoms with E-state index in [2.05, 4.69) is 43.4 Å². The van der Waals surface area contributed by atoms with Gasteiger partial charge in [0.1, 0.15) is 5.65 Å². The van der Waals surface area contributed by atoms with Gasteiger partial charge in [0.05, 0.1) is 17.3 Å². The number of H-pyrrole nitrogens is 2. The van der Waals surface area contributed by atoms with Crippen LogP contribution in [0.2, 0.25) is 0 Å². The normalized spacial score (nSPS) is 18.4. The molecule has 202 valence electrons. The molecule has 0 aromatic carbocycles. The summed E-state index contributed by atoms with van der Waals surface area (Å²) in [4.78, 5) is 41.9. The topological polar surface area (TPSA) is 107 Å². The van der Waals surface area contributed by atoms with Gasteiger partial charge in [0.2, 0.25) is 0 Å². The van der Waals surface area contributed by atoms with Gasteiger partial charge < -0.3 is 20.2 Å². The smallest absolute Gasteiger partial charge is 0.285 e. The monoisotopic (exact) mass is 528 g/mol. The first-order valence-corrected chi connectivity index (χ1v) is 13.7. The fourth-order valence-electron chi connectivity index (χ4n) is 5.76. The van der Waals surface area contributed by atoms with Crippen molar-refractivity contribution in [3.8, 4) is 0 Å². The minimum absolute atomic E-state index is 0.00665. The van der Waals surface area contributed by atoms with Gasteiger partial charge in [-0.25, -0.2) is 4.39 Å². The number of hydrogen-bond donors (Lipinski definition) is 3. The van der Waals surface area contributed by atoms with Gasteiger partial charge in [0.25, 0.3) is 5.56 Å². The molecule has 4 aromatic rings. The standard InChI is InChI=1S/C30H33FN6O2/c1-17-5-8-23(15-32-17)37-9-3-4-20(16-37)27(21-10-18(2)35-26(11-21)19-6-7-19)33-13-22-14-34-29-24(28(22)38)12-25(31)30(39)36-29/h5,8,10-12,14-15,19-20,27,33H,3-4,6-7,9,13,16H2,1-2H3,(H2,34,36,38,39)/t20-,27?/m0/s1. The number of aromatic nitrogens is 4. The summed E-state index contributed by atoms with van der Waals surface area (Å²) in [7, 11) is 0. The maximum atomic E-state index is 14.0. The van der Waals surface area contributed by atoms with Gasteiger partial charge in [-0.05, 0) is 81.3 Å². The third-order valence-corrected chi connectivity index (χ3v) is 7.98. The van der Waals surface area contributed by atoms with Crippen LogP contribution in [0.5, 0.6) is 0 Å². The van der Waals surface area contributed by atoms with Gasteiger partial charge in [-0.15, -0.1) is 0 Å². The molecule has 2 aliphatic rings. The first kappa shape index (κ1) is 25.4. The zero-order valence-corrected chi connectivity index (χ0v) is 22.3. The zero-order valence-electron chi connectivity index (χ0n) is 22.3. The Bertz CT molecular complexity index is 1630. The van der Waals surface area contributed by atoms with Crippen molar-refractivity contribution in [1.82, 2.24) is 25.3 Å². The predicted molar refractivity (Wildman–Crippen MR) is 150 cm³/mol. The molecular weight excluding hydrogens is 495 g/mol. The lowest BCUT2D eigenvalue weighted by molar-refractivity contribution is 0.307. The average Bonchev–Trinajstić information content (AvgIpc) is 3.77. The van der Waals surface area contributed by atoms with Crippen molar-refractivity contribution in [1.29, 1.82) is 0 Å². The lowest BCUT2D eigenvalue weighted by Crippen LogP contribution is -2.42. The van der Waals surface area contributed by atoms with E-state index in [0.29, 0.717) is 23.9 Å². The summed E-state index contributed by atoms with van der Waals surface area (Å²) < 4.78 is 14.0. The van der Waals surface area contributed by atoms with Crippen LogP contribution >= 0.6 is 0 Å². The van der Waals surface area contributed by atoms with E-state index in [1.165, 1.54) is 18.4 Å². The Balaban J connectivity index is 1.32. The number of pyridine rings is 4. The van der Waals surface area contributed by atoms with Gasteiger partial charge in [-0.3, -0.25) is 19.6 Å². The molecule has 4 aromatic heterocycles. The number of nitrogens with one attached hydrogen (secondary N) is 3. The van der Waals surface area contributed by atoms with Gasteiger partial charge in [0, 0.05) is 60.4 Å². The number of halogens is 1. The Labute approximate surface area is 225 Å². The number of hydrogen-bond acceptors (Lipinski definition) is 6. The van der Waals surface area contributed by atoms with Crippen molar-refractivity contribution in [2.45, 2.75) is 58.0 Å². The number of anilines is 1. The van der Waals surface area contributed by atoms with Gasteiger partial charge in [-0.1, -0.05) is 0 Å². The highest BCUT2D eigenvalue weighted by Gasteiger charge is 2.31. The fourth-order valence-corrected chi connectivity index (χ4v) is 5.76. The summed E-state index contributed by atoms with van der Waals surface area (Å²) in [5.41, 5.74) is 5.01. The SMILES string of the molecule is Cc1ccc(N2CCC[C@H](C(NCc3c[nH]c4[nH]c(=O)c(F)cc4c3=O)c3cc(C)nc(C4CC4)c3)C2)cn1. The molecule has 1 unspecified atom stereocenters. The molecular formula is C30H33FN6O2. The van der Waals surface area contributed by atoms with Crippen LogP contribution in [-0.2, 0) is 6.54 Å². The minimum atomic E-state index is -0.969. The van der Waals surface area contributed by atoms with Crippen LogP contribution in [0.4, 0.5) is 10.1 Å². The molecule has 39 heavy (non-hydrogen) atoms. The second-order valence-electron chi connectivity index (χ2n) is 11.0. The van der Waals surface area contributed by atoms with Crippen molar-refractivity contribution in [3.05, 3.63) is 97.3 Å². The van der Waals surface area contributed by atoms with E-state index in [1.54, 1.807) is 6.20 Å². The quantitative estimate of drug-likeness (QED) is 0.329. The lowest BCUT2D eigenvalue weighted by Gasteiger charge is -2.39. The van der Waals surface area contributed by atoms with Crippen molar-refractivity contribution >= 4 is 16.7 Å². The summed E-state index contributed by atoms with van der Waals surface area (Å²) in [6.07, 6.45) is 8.00. The number of nitrogens with zero attached hydrogens (tertiary/aromatic N) is 3. The second-order valence-corrected chi connectivity index (χ2v) is 11.0. The summed E-state index contributed by atoms with van der Waals surface area (Å²) in [5.74, 6) is -0.142. The highest BCUT2D eigenvalue weighted by atomic mass is 19.1. The Morgan fingerprint density at radius 2 is 1.97 bits per heavy atom. The summed E-state index contributed by atoms with van der Waals surface area (Å²) in [6.45, 7) is 6.18. The highest BCUT2D eigenvalue weighted by Crippen LogP contribution is 2.41. The third-order valence-electron chi connectivity index (χ3n) is 7.98. The van der Waals surface area contributed by atoms with Crippen molar-refractivity contribution in [3.63, 3.8) is 0 Å². The first-order valence-electron chi connectivity index (χ1n) is 13.7. The number of aryl methyl sites for hydroxylation is 2. The second kappa shape index (κ2) is 10.4. The molecule has 6 rings (SSSR count). The molecule has 5 heterocycles. The Morgan fingerprint density at radius 1 is 1.13 bits per heavy atom. The van der Waals surface area contributed by atoms with Gasteiger partial charge in [-0.2, -0.15) is 0 Å². The summed E-state index contributed by atoms with van der Waals surface area (Å²) >= 11 is 0. The molecule has 9 heteroatoms. The Kier molecular flexibility index (Phi) is 6.76. The highest BCUT2D eigenvalue weighted by molar-refractivity contribution is 5.74. The summed E-state index contributed by atoms with van der Waals surface area (Å²) in [5, 5.41) is 3.83. The third kappa shape index (κ3) is 5.36. The van der Waals surface area contributed by atoms with E-state index in [-0.39, 0.29) is 22.5 Å². The molecule has 1 aliphatic carbocycles. The Morgan fingerprint density at radius 3 is 2.74 bits per heavy atom. The molecule has 0 spiro atoms. The van der Waals surface area contributed by atoms with E-state index in [4.69, 9.17) is 4.98 Å². The molecule has 0 amide bonds. The van der Waals surface area contributed by atoms with Crippen LogP contribution in [-0.4, -0.2) is 33.0 Å². The number of piperidine rings is 1. The number of aromatic amines is 2. The zero-order chi connectivity index (χ0) is 27.1. The van der Waals surface area contributed by atoms with E-state index in [1.807, 2.05) is 26.1 Å². The van der Waals surface area contributed by atoms with Crippen LogP contribution in [0.15, 0.2) is 52.3 Å². The fraction of sp³-hybridized carbons (Fsp3) is 0.400. The molecule has 3 N–H and O–H groups in total. The van der Waals surface area contributed by atoms with Crippen LogP contribution in [0.3, 0.4) is 0 Å². The molecule has 2 atom stereocenters. The maximum Gasteiger partial charge on any atom is 0.285 e. The van der Waals surface area contributed by atoms with Crippen LogP contribution in [0.25, 0.3) is 11.0 Å². The van der Waals surface area contributed by atoms with Crippen molar-refractivity contribution < 1.29 is 4.39 Å². The molecule has 2 fully saturated rings. The number of rotatable bonds is 7. The van der Waals surface area contributed by atoms with Gasteiger partial charge >= 0.3 is 0 Å².